The SMILES string of the molecule is CCNC1CC2(CCC(CC)C2)Oc2ccc(Br)cc21. The molecule has 1 aliphatic carbocycles. The lowest BCUT2D eigenvalue weighted by Crippen LogP contribution is -2.42. The van der Waals surface area contributed by atoms with Crippen LogP contribution in [0.2, 0.25) is 0 Å². The zero-order chi connectivity index (χ0) is 14.2. The monoisotopic (exact) mass is 337 g/mol. The van der Waals surface area contributed by atoms with Crippen molar-refractivity contribution in [2.24, 2.45) is 5.92 Å². The molecule has 1 heterocycles. The lowest BCUT2D eigenvalue weighted by atomic mass is 9.85. The highest BCUT2D eigenvalue weighted by Gasteiger charge is 2.45. The molecule has 3 unspecified atom stereocenters. The molecule has 0 bridgehead atoms. The molecule has 3 heteroatoms. The first-order valence-electron chi connectivity index (χ1n) is 7.87. The average molecular weight is 338 g/mol. The van der Waals surface area contributed by atoms with Gasteiger partial charge < -0.3 is 10.1 Å². The summed E-state index contributed by atoms with van der Waals surface area (Å²) in [4.78, 5) is 0. The summed E-state index contributed by atoms with van der Waals surface area (Å²) >= 11 is 3.58. The van der Waals surface area contributed by atoms with Crippen molar-refractivity contribution in [3.8, 4) is 5.75 Å². The molecule has 1 aromatic rings. The Morgan fingerprint density at radius 3 is 2.90 bits per heavy atom. The van der Waals surface area contributed by atoms with Crippen LogP contribution in [0.15, 0.2) is 22.7 Å². The molecule has 3 atom stereocenters. The Morgan fingerprint density at radius 1 is 1.35 bits per heavy atom. The van der Waals surface area contributed by atoms with Crippen molar-refractivity contribution < 1.29 is 4.74 Å². The van der Waals surface area contributed by atoms with E-state index in [4.69, 9.17) is 4.74 Å². The Balaban J connectivity index is 1.91. The van der Waals surface area contributed by atoms with E-state index in [1.54, 1.807) is 0 Å². The maximum atomic E-state index is 6.48. The molecule has 0 amide bonds. The van der Waals surface area contributed by atoms with E-state index in [1.807, 2.05) is 0 Å². The normalized spacial score (nSPS) is 32.1. The van der Waals surface area contributed by atoms with Crippen molar-refractivity contribution in [1.82, 2.24) is 5.32 Å². The third-order valence-electron chi connectivity index (χ3n) is 4.95. The third-order valence-corrected chi connectivity index (χ3v) is 5.44. The van der Waals surface area contributed by atoms with Gasteiger partial charge in [-0.3, -0.25) is 0 Å². The van der Waals surface area contributed by atoms with E-state index in [2.05, 4.69) is 53.3 Å². The summed E-state index contributed by atoms with van der Waals surface area (Å²) in [7, 11) is 0. The number of rotatable bonds is 3. The Hall–Kier alpha value is -0.540. The molecule has 0 aromatic heterocycles. The van der Waals surface area contributed by atoms with Crippen LogP contribution in [0.3, 0.4) is 0 Å². The minimum absolute atomic E-state index is 0.0777. The molecule has 20 heavy (non-hydrogen) atoms. The number of halogens is 1. The van der Waals surface area contributed by atoms with Crippen molar-refractivity contribution in [1.29, 1.82) is 0 Å². The number of fused-ring (bicyclic) bond motifs is 1. The van der Waals surface area contributed by atoms with Gasteiger partial charge in [-0.05, 0) is 49.9 Å². The third kappa shape index (κ3) is 2.62. The predicted octanol–water partition coefficient (Wildman–Crippen LogP) is 4.83. The second kappa shape index (κ2) is 5.69. The van der Waals surface area contributed by atoms with Gasteiger partial charge in [0.1, 0.15) is 11.4 Å². The first-order chi connectivity index (χ1) is 9.65. The molecule has 1 fully saturated rings. The maximum absolute atomic E-state index is 6.48. The molecular weight excluding hydrogens is 314 g/mol. The van der Waals surface area contributed by atoms with E-state index in [0.29, 0.717) is 6.04 Å². The summed E-state index contributed by atoms with van der Waals surface area (Å²) in [5, 5.41) is 3.65. The van der Waals surface area contributed by atoms with Crippen LogP contribution in [-0.4, -0.2) is 12.1 Å². The predicted molar refractivity (Wildman–Crippen MR) is 86.2 cm³/mol. The Labute approximate surface area is 130 Å². The molecule has 110 valence electrons. The Kier molecular flexibility index (Phi) is 4.09. The summed E-state index contributed by atoms with van der Waals surface area (Å²) < 4.78 is 7.62. The summed E-state index contributed by atoms with van der Waals surface area (Å²) in [6.07, 6.45) is 6.15. The first kappa shape index (κ1) is 14.4. The fraction of sp³-hybridized carbons (Fsp3) is 0.647. The second-order valence-corrected chi connectivity index (χ2v) is 7.21. The van der Waals surface area contributed by atoms with E-state index in [9.17, 15) is 0 Å². The molecule has 2 aliphatic rings. The summed E-state index contributed by atoms with van der Waals surface area (Å²) in [5.74, 6) is 1.93. The van der Waals surface area contributed by atoms with Gasteiger partial charge in [-0.1, -0.05) is 36.2 Å². The minimum Gasteiger partial charge on any atom is -0.487 e. The van der Waals surface area contributed by atoms with E-state index < -0.39 is 0 Å². The van der Waals surface area contributed by atoms with Crippen molar-refractivity contribution in [3.05, 3.63) is 28.2 Å². The highest BCUT2D eigenvalue weighted by molar-refractivity contribution is 9.10. The van der Waals surface area contributed by atoms with Gasteiger partial charge in [0, 0.05) is 22.5 Å². The smallest absolute Gasteiger partial charge is 0.125 e. The van der Waals surface area contributed by atoms with Crippen molar-refractivity contribution in [2.75, 3.05) is 6.54 Å². The lowest BCUT2D eigenvalue weighted by molar-refractivity contribution is 0.0330. The molecule has 1 spiro atoms. The maximum Gasteiger partial charge on any atom is 0.125 e. The molecular formula is C17H24BrNO. The van der Waals surface area contributed by atoms with Crippen molar-refractivity contribution in [3.63, 3.8) is 0 Å². The fourth-order valence-corrected chi connectivity index (χ4v) is 4.27. The van der Waals surface area contributed by atoms with Gasteiger partial charge in [0.15, 0.2) is 0 Å². The quantitative estimate of drug-likeness (QED) is 0.852. The van der Waals surface area contributed by atoms with E-state index in [0.717, 1.165) is 29.1 Å². The van der Waals surface area contributed by atoms with Crippen molar-refractivity contribution >= 4 is 15.9 Å². The number of hydrogen-bond acceptors (Lipinski definition) is 2. The van der Waals surface area contributed by atoms with Crippen LogP contribution in [0.1, 0.15) is 57.6 Å². The van der Waals surface area contributed by atoms with Gasteiger partial charge in [-0.2, -0.15) is 0 Å². The summed E-state index contributed by atoms with van der Waals surface area (Å²) in [5.41, 5.74) is 1.39. The second-order valence-electron chi connectivity index (χ2n) is 6.30. The zero-order valence-corrected chi connectivity index (χ0v) is 14.0. The highest BCUT2D eigenvalue weighted by atomic mass is 79.9. The summed E-state index contributed by atoms with van der Waals surface area (Å²) in [6.45, 7) is 5.49. The molecule has 1 aliphatic heterocycles. The molecule has 2 nitrogen and oxygen atoms in total. The van der Waals surface area contributed by atoms with Crippen LogP contribution in [0, 0.1) is 5.92 Å². The number of nitrogens with one attached hydrogen (secondary N) is 1. The van der Waals surface area contributed by atoms with Crippen LogP contribution in [0.25, 0.3) is 0 Å². The molecule has 0 radical (unpaired) electrons. The van der Waals surface area contributed by atoms with Crippen LogP contribution >= 0.6 is 15.9 Å². The Bertz CT molecular complexity index is 490. The van der Waals surface area contributed by atoms with Gasteiger partial charge in [-0.25, -0.2) is 0 Å². The average Bonchev–Trinajstić information content (AvgIpc) is 2.83. The number of ether oxygens (including phenoxy) is 1. The zero-order valence-electron chi connectivity index (χ0n) is 12.4. The van der Waals surface area contributed by atoms with E-state index in [1.165, 1.54) is 31.2 Å². The van der Waals surface area contributed by atoms with Gasteiger partial charge in [0.2, 0.25) is 0 Å². The largest absolute Gasteiger partial charge is 0.487 e. The fourth-order valence-electron chi connectivity index (χ4n) is 3.89. The van der Waals surface area contributed by atoms with Crippen LogP contribution in [0.5, 0.6) is 5.75 Å². The van der Waals surface area contributed by atoms with Crippen LogP contribution in [0.4, 0.5) is 0 Å². The Morgan fingerprint density at radius 2 is 2.20 bits per heavy atom. The van der Waals surface area contributed by atoms with Crippen molar-refractivity contribution in [2.45, 2.75) is 57.6 Å². The standard InChI is InChI=1S/C17H24BrNO/c1-3-12-7-8-17(10-12)11-15(19-4-2)14-9-13(18)5-6-16(14)20-17/h5-6,9,12,15,19H,3-4,7-8,10-11H2,1-2H3. The molecule has 3 rings (SSSR count). The van der Waals surface area contributed by atoms with Crippen LogP contribution < -0.4 is 10.1 Å². The van der Waals surface area contributed by atoms with Gasteiger partial charge in [0.25, 0.3) is 0 Å². The van der Waals surface area contributed by atoms with Gasteiger partial charge in [-0.15, -0.1) is 0 Å². The van der Waals surface area contributed by atoms with Gasteiger partial charge >= 0.3 is 0 Å². The summed E-state index contributed by atoms with van der Waals surface area (Å²) in [6, 6.07) is 6.86. The lowest BCUT2D eigenvalue weighted by Gasteiger charge is -2.40. The van der Waals surface area contributed by atoms with E-state index >= 15 is 0 Å². The van der Waals surface area contributed by atoms with E-state index in [-0.39, 0.29) is 5.60 Å². The molecule has 1 N–H and O–H groups in total. The molecule has 1 aromatic carbocycles. The first-order valence-corrected chi connectivity index (χ1v) is 8.67. The number of hydrogen-bond donors (Lipinski definition) is 1. The minimum atomic E-state index is 0.0777. The molecule has 0 saturated heterocycles. The number of benzene rings is 1. The van der Waals surface area contributed by atoms with Crippen LogP contribution in [-0.2, 0) is 0 Å². The highest BCUT2D eigenvalue weighted by Crippen LogP contribution is 2.49. The topological polar surface area (TPSA) is 21.3 Å². The van der Waals surface area contributed by atoms with Gasteiger partial charge in [0.05, 0.1) is 0 Å². The molecule has 1 saturated carbocycles.